The molecule has 0 radical (unpaired) electrons. The third kappa shape index (κ3) is 3.16. The number of aliphatic carboxylic acids is 1. The van der Waals surface area contributed by atoms with Crippen molar-refractivity contribution in [1.29, 1.82) is 0 Å². The molecule has 1 aliphatic heterocycles. The highest BCUT2D eigenvalue weighted by Crippen LogP contribution is 2.14. The Bertz CT molecular complexity index is 844. The highest BCUT2D eigenvalue weighted by atomic mass is 16.5. The van der Waals surface area contributed by atoms with Crippen LogP contribution in [0.3, 0.4) is 0 Å². The van der Waals surface area contributed by atoms with Gasteiger partial charge in [-0.3, -0.25) is 9.59 Å². The first-order valence-corrected chi connectivity index (χ1v) is 7.70. The number of fused-ring (bicyclic) bond motifs is 1. The minimum absolute atomic E-state index is 0.0244. The summed E-state index contributed by atoms with van der Waals surface area (Å²) in [7, 11) is 0. The van der Waals surface area contributed by atoms with Crippen LogP contribution in [0.2, 0.25) is 0 Å². The summed E-state index contributed by atoms with van der Waals surface area (Å²) >= 11 is 0. The van der Waals surface area contributed by atoms with Crippen LogP contribution in [-0.4, -0.2) is 51.7 Å². The van der Waals surface area contributed by atoms with Crippen molar-refractivity contribution >= 4 is 22.8 Å². The van der Waals surface area contributed by atoms with Crippen molar-refractivity contribution in [3.05, 3.63) is 46.8 Å². The fourth-order valence-electron chi connectivity index (χ4n) is 2.94. The molecule has 1 amide bonds. The highest BCUT2D eigenvalue weighted by molar-refractivity contribution is 5.83. The van der Waals surface area contributed by atoms with Gasteiger partial charge in [0, 0.05) is 24.2 Å². The molecule has 2 atom stereocenters. The Labute approximate surface area is 138 Å². The maximum Gasteiger partial charge on any atom is 0.334 e. The third-order valence-electron chi connectivity index (χ3n) is 4.08. The Kier molecular flexibility index (Phi) is 4.35. The quantitative estimate of drug-likeness (QED) is 0.895. The average Bonchev–Trinajstić information content (AvgIpc) is 2.57. The van der Waals surface area contributed by atoms with Gasteiger partial charge in [-0.1, -0.05) is 12.1 Å². The van der Waals surface area contributed by atoms with Crippen molar-refractivity contribution < 1.29 is 19.4 Å². The van der Waals surface area contributed by atoms with E-state index in [1.165, 1.54) is 11.0 Å². The molecule has 7 heteroatoms. The highest BCUT2D eigenvalue weighted by Gasteiger charge is 2.32. The molecule has 126 valence electrons. The maximum atomic E-state index is 12.6. The minimum Gasteiger partial charge on any atom is -0.479 e. The van der Waals surface area contributed by atoms with Gasteiger partial charge in [-0.15, -0.1) is 0 Å². The van der Waals surface area contributed by atoms with Gasteiger partial charge in [0.25, 0.3) is 0 Å². The Morgan fingerprint density at radius 2 is 2.00 bits per heavy atom. The summed E-state index contributed by atoms with van der Waals surface area (Å²) in [5, 5.41) is 9.66. The lowest BCUT2D eigenvalue weighted by molar-refractivity contribution is -0.166. The number of hydrogen-bond acceptors (Lipinski definition) is 4. The molecule has 7 nitrogen and oxygen atoms in total. The van der Waals surface area contributed by atoms with Crippen LogP contribution in [0.5, 0.6) is 0 Å². The lowest BCUT2D eigenvalue weighted by Gasteiger charge is -2.35. The van der Waals surface area contributed by atoms with E-state index in [9.17, 15) is 14.4 Å². The van der Waals surface area contributed by atoms with Gasteiger partial charge in [0.2, 0.25) is 5.91 Å². The first-order valence-electron chi connectivity index (χ1n) is 7.70. The van der Waals surface area contributed by atoms with Gasteiger partial charge in [0.15, 0.2) is 11.5 Å². The number of carbonyl (C=O) groups is 2. The van der Waals surface area contributed by atoms with E-state index in [1.54, 1.807) is 42.0 Å². The van der Waals surface area contributed by atoms with Crippen LogP contribution in [0.1, 0.15) is 6.92 Å². The van der Waals surface area contributed by atoms with E-state index in [-0.39, 0.29) is 30.5 Å². The molecule has 1 aromatic heterocycles. The van der Waals surface area contributed by atoms with Gasteiger partial charge in [0.1, 0.15) is 6.54 Å². The second-order valence-electron chi connectivity index (χ2n) is 5.90. The second kappa shape index (κ2) is 6.45. The number of carbonyl (C=O) groups excluding carboxylic acids is 1. The van der Waals surface area contributed by atoms with Gasteiger partial charge in [-0.25, -0.2) is 4.79 Å². The Morgan fingerprint density at radius 1 is 1.25 bits per heavy atom. The number of nitrogens with zero attached hydrogens (tertiary/aromatic N) is 2. The van der Waals surface area contributed by atoms with Crippen LogP contribution in [0.25, 0.3) is 10.9 Å². The normalized spacial score (nSPS) is 21.0. The molecule has 0 bridgehead atoms. The number of pyridine rings is 1. The fourth-order valence-corrected chi connectivity index (χ4v) is 2.94. The van der Waals surface area contributed by atoms with E-state index >= 15 is 0 Å². The van der Waals surface area contributed by atoms with Crippen LogP contribution >= 0.6 is 0 Å². The molecule has 3 rings (SSSR count). The van der Waals surface area contributed by atoms with Crippen molar-refractivity contribution in [2.45, 2.75) is 25.7 Å². The molecule has 1 fully saturated rings. The molecule has 1 saturated heterocycles. The summed E-state index contributed by atoms with van der Waals surface area (Å²) in [6, 6.07) is 8.51. The molecule has 2 aromatic rings. The number of para-hydroxylation sites is 1. The number of carboxylic acid groups (broad SMARTS) is 1. The number of benzene rings is 1. The number of rotatable bonds is 3. The lowest BCUT2D eigenvalue weighted by Crippen LogP contribution is -2.52. The first-order chi connectivity index (χ1) is 11.5. The molecule has 1 aromatic carbocycles. The molecule has 0 saturated carbocycles. The molecule has 0 aliphatic carbocycles. The number of amides is 1. The van der Waals surface area contributed by atoms with Crippen molar-refractivity contribution in [2.75, 3.05) is 13.1 Å². The summed E-state index contributed by atoms with van der Waals surface area (Å²) in [6.07, 6.45) is 0.235. The van der Waals surface area contributed by atoms with Crippen molar-refractivity contribution in [3.63, 3.8) is 0 Å². The maximum absolute atomic E-state index is 12.6. The van der Waals surface area contributed by atoms with Crippen LogP contribution in [-0.2, 0) is 20.9 Å². The molecule has 1 unspecified atom stereocenters. The van der Waals surface area contributed by atoms with E-state index in [0.717, 1.165) is 0 Å². The monoisotopic (exact) mass is 330 g/mol. The van der Waals surface area contributed by atoms with Crippen LogP contribution < -0.4 is 5.43 Å². The lowest BCUT2D eigenvalue weighted by atomic mass is 10.2. The Hall–Kier alpha value is -2.67. The van der Waals surface area contributed by atoms with Crippen LogP contribution in [0, 0.1) is 0 Å². The summed E-state index contributed by atoms with van der Waals surface area (Å²) in [4.78, 5) is 37.1. The summed E-state index contributed by atoms with van der Waals surface area (Å²) in [6.45, 7) is 2.15. The topological polar surface area (TPSA) is 88.8 Å². The molecule has 2 heterocycles. The van der Waals surface area contributed by atoms with Gasteiger partial charge < -0.3 is 19.3 Å². The first kappa shape index (κ1) is 16.2. The number of carboxylic acids is 1. The third-order valence-corrected chi connectivity index (χ3v) is 4.08. The average molecular weight is 330 g/mol. The van der Waals surface area contributed by atoms with E-state index in [2.05, 4.69) is 0 Å². The Morgan fingerprint density at radius 3 is 2.75 bits per heavy atom. The SMILES string of the molecule is C[C@@H]1CN(C(=O)Cn2ccc(=O)c3ccccc32)CC(C(=O)O)O1. The molecule has 1 N–H and O–H groups in total. The number of aromatic nitrogens is 1. The predicted molar refractivity (Wildman–Crippen MR) is 86.8 cm³/mol. The zero-order valence-corrected chi connectivity index (χ0v) is 13.2. The fraction of sp³-hybridized carbons (Fsp3) is 0.353. The van der Waals surface area contributed by atoms with Crippen LogP contribution in [0.4, 0.5) is 0 Å². The largest absolute Gasteiger partial charge is 0.479 e. The second-order valence-corrected chi connectivity index (χ2v) is 5.90. The van der Waals surface area contributed by atoms with Crippen molar-refractivity contribution in [3.8, 4) is 0 Å². The zero-order valence-electron chi connectivity index (χ0n) is 13.2. The number of hydrogen-bond donors (Lipinski definition) is 1. The Balaban J connectivity index is 1.84. The van der Waals surface area contributed by atoms with Crippen molar-refractivity contribution in [1.82, 2.24) is 9.47 Å². The zero-order chi connectivity index (χ0) is 17.3. The molecular formula is C17H18N2O5. The van der Waals surface area contributed by atoms with E-state index in [0.29, 0.717) is 17.4 Å². The molecule has 1 aliphatic rings. The van der Waals surface area contributed by atoms with Gasteiger partial charge in [-0.05, 0) is 19.1 Å². The van der Waals surface area contributed by atoms with Gasteiger partial charge >= 0.3 is 5.97 Å². The molecular weight excluding hydrogens is 312 g/mol. The van der Waals surface area contributed by atoms with E-state index in [1.807, 2.05) is 0 Å². The van der Waals surface area contributed by atoms with Crippen LogP contribution in [0.15, 0.2) is 41.3 Å². The van der Waals surface area contributed by atoms with E-state index in [4.69, 9.17) is 9.84 Å². The number of morpholine rings is 1. The van der Waals surface area contributed by atoms with Gasteiger partial charge in [0.05, 0.1) is 18.2 Å². The van der Waals surface area contributed by atoms with E-state index < -0.39 is 12.1 Å². The van der Waals surface area contributed by atoms with Crippen molar-refractivity contribution in [2.24, 2.45) is 0 Å². The molecule has 24 heavy (non-hydrogen) atoms. The molecule has 0 spiro atoms. The number of ether oxygens (including phenoxy) is 1. The van der Waals surface area contributed by atoms with Gasteiger partial charge in [-0.2, -0.15) is 0 Å². The summed E-state index contributed by atoms with van der Waals surface area (Å²) < 4.78 is 7.03. The summed E-state index contributed by atoms with van der Waals surface area (Å²) in [5.74, 6) is -1.28. The smallest absolute Gasteiger partial charge is 0.334 e. The predicted octanol–water partition coefficient (Wildman–Crippen LogP) is 0.702. The minimum atomic E-state index is -1.08. The summed E-state index contributed by atoms with van der Waals surface area (Å²) in [5.41, 5.74) is 0.578. The standard InChI is InChI=1S/C17H18N2O5/c1-11-8-19(9-15(24-11)17(22)23)16(21)10-18-7-6-14(20)12-4-2-3-5-13(12)18/h2-7,11,15H,8-10H2,1H3,(H,22,23)/t11-,15?/m1/s1.